The van der Waals surface area contributed by atoms with Gasteiger partial charge in [0.2, 0.25) is 5.91 Å². The number of ether oxygens (including phenoxy) is 1. The topological polar surface area (TPSA) is 74.8 Å². The van der Waals surface area contributed by atoms with E-state index in [4.69, 9.17) is 4.74 Å². The van der Waals surface area contributed by atoms with E-state index in [1.54, 1.807) is 7.05 Å². The van der Waals surface area contributed by atoms with Gasteiger partial charge in [0.15, 0.2) is 5.96 Å². The van der Waals surface area contributed by atoms with Gasteiger partial charge in [-0.2, -0.15) is 0 Å². The Bertz CT molecular complexity index is 777. The maximum atomic E-state index is 11.9. The number of hydrogen-bond acceptors (Lipinski definition) is 3. The molecule has 0 aliphatic carbocycles. The molecule has 0 spiro atoms. The molecule has 1 heterocycles. The summed E-state index contributed by atoms with van der Waals surface area (Å²) in [6.07, 6.45) is 1.34. The molecule has 0 saturated heterocycles. The van der Waals surface area contributed by atoms with Gasteiger partial charge in [0.1, 0.15) is 5.75 Å². The molecular weight excluding hydrogens is 340 g/mol. The number of carbonyl (C=O) groups excluding carboxylic acids is 1. The summed E-state index contributed by atoms with van der Waals surface area (Å²) in [6.45, 7) is 2.06. The Balaban J connectivity index is 1.41. The molecule has 1 unspecified atom stereocenters. The number of para-hydroxylation sites is 2. The van der Waals surface area contributed by atoms with Crippen LogP contribution in [0.3, 0.4) is 0 Å². The number of benzene rings is 2. The average molecular weight is 366 g/mol. The van der Waals surface area contributed by atoms with E-state index in [1.807, 2.05) is 48.5 Å². The van der Waals surface area contributed by atoms with Crippen LogP contribution in [0.4, 0.5) is 5.69 Å². The van der Waals surface area contributed by atoms with E-state index in [-0.39, 0.29) is 11.8 Å². The van der Waals surface area contributed by atoms with Crippen LogP contribution in [-0.2, 0) is 4.79 Å². The van der Waals surface area contributed by atoms with Crippen LogP contribution in [0.15, 0.2) is 59.6 Å². The molecule has 0 bridgehead atoms. The van der Waals surface area contributed by atoms with Crippen LogP contribution in [0.2, 0.25) is 0 Å². The maximum absolute atomic E-state index is 11.9. The molecule has 0 saturated carbocycles. The number of anilines is 1. The predicted octanol–water partition coefficient (Wildman–Crippen LogP) is 2.75. The summed E-state index contributed by atoms with van der Waals surface area (Å²) in [7, 11) is 1.75. The van der Waals surface area contributed by atoms with Gasteiger partial charge >= 0.3 is 0 Å². The monoisotopic (exact) mass is 366 g/mol. The number of hydrogen-bond donors (Lipinski definition) is 3. The van der Waals surface area contributed by atoms with Crippen molar-refractivity contribution >= 4 is 17.6 Å². The summed E-state index contributed by atoms with van der Waals surface area (Å²) in [4.78, 5) is 16.2. The Morgan fingerprint density at radius 2 is 1.93 bits per heavy atom. The minimum Gasteiger partial charge on any atom is -0.494 e. The SMILES string of the molecule is CN=C(NCCCOc1ccccc1)NCC1CC(=O)Nc2ccccc21. The Labute approximate surface area is 160 Å². The molecule has 1 aliphatic rings. The van der Waals surface area contributed by atoms with Crippen molar-refractivity contribution < 1.29 is 9.53 Å². The van der Waals surface area contributed by atoms with E-state index in [0.717, 1.165) is 35.9 Å². The first-order valence-electron chi connectivity index (χ1n) is 9.27. The quantitative estimate of drug-likeness (QED) is 0.400. The Hall–Kier alpha value is -3.02. The number of rotatable bonds is 7. The summed E-state index contributed by atoms with van der Waals surface area (Å²) >= 11 is 0. The third-order valence-electron chi connectivity index (χ3n) is 4.47. The van der Waals surface area contributed by atoms with Crippen LogP contribution in [0.25, 0.3) is 0 Å². The zero-order chi connectivity index (χ0) is 18.9. The van der Waals surface area contributed by atoms with Gasteiger partial charge in [0, 0.05) is 38.2 Å². The smallest absolute Gasteiger partial charge is 0.225 e. The standard InChI is InChI=1S/C21H26N4O2/c1-22-21(23-12-7-13-27-17-8-3-2-4-9-17)24-15-16-14-20(26)25-19-11-6-5-10-18(16)19/h2-6,8-11,16H,7,12-15H2,1H3,(H,25,26)(H2,22,23,24). The molecule has 6 nitrogen and oxygen atoms in total. The second kappa shape index (κ2) is 9.62. The van der Waals surface area contributed by atoms with Crippen molar-refractivity contribution in [2.24, 2.45) is 4.99 Å². The summed E-state index contributed by atoms with van der Waals surface area (Å²) < 4.78 is 5.68. The van der Waals surface area contributed by atoms with E-state index in [9.17, 15) is 4.79 Å². The lowest BCUT2D eigenvalue weighted by atomic mass is 9.90. The lowest BCUT2D eigenvalue weighted by Crippen LogP contribution is -2.41. The molecule has 1 atom stereocenters. The minimum atomic E-state index is 0.0570. The van der Waals surface area contributed by atoms with Crippen molar-refractivity contribution in [2.45, 2.75) is 18.8 Å². The van der Waals surface area contributed by atoms with Crippen molar-refractivity contribution in [3.8, 4) is 5.75 Å². The van der Waals surface area contributed by atoms with Crippen LogP contribution >= 0.6 is 0 Å². The van der Waals surface area contributed by atoms with Gasteiger partial charge in [0.25, 0.3) is 0 Å². The predicted molar refractivity (Wildman–Crippen MR) is 108 cm³/mol. The zero-order valence-electron chi connectivity index (χ0n) is 15.6. The molecule has 2 aromatic carbocycles. The summed E-state index contributed by atoms with van der Waals surface area (Å²) in [5, 5.41) is 9.54. The van der Waals surface area contributed by atoms with Crippen LogP contribution in [0.5, 0.6) is 5.75 Å². The molecule has 0 radical (unpaired) electrons. The largest absolute Gasteiger partial charge is 0.494 e. The molecule has 0 aromatic heterocycles. The molecule has 3 N–H and O–H groups in total. The minimum absolute atomic E-state index is 0.0570. The fourth-order valence-corrected chi connectivity index (χ4v) is 3.11. The van der Waals surface area contributed by atoms with E-state index in [0.29, 0.717) is 19.6 Å². The Kier molecular flexibility index (Phi) is 6.68. The summed E-state index contributed by atoms with van der Waals surface area (Å²) in [6, 6.07) is 17.7. The van der Waals surface area contributed by atoms with Gasteiger partial charge in [0.05, 0.1) is 6.61 Å². The van der Waals surface area contributed by atoms with Crippen molar-refractivity contribution in [1.29, 1.82) is 0 Å². The van der Waals surface area contributed by atoms with E-state index in [1.165, 1.54) is 0 Å². The molecule has 3 rings (SSSR count). The average Bonchev–Trinajstić information content (AvgIpc) is 2.70. The first-order chi connectivity index (χ1) is 13.3. The third kappa shape index (κ3) is 5.48. The number of carbonyl (C=O) groups is 1. The molecular formula is C21H26N4O2. The van der Waals surface area contributed by atoms with E-state index in [2.05, 4.69) is 27.0 Å². The second-order valence-electron chi connectivity index (χ2n) is 6.43. The maximum Gasteiger partial charge on any atom is 0.225 e. The molecule has 1 amide bonds. The van der Waals surface area contributed by atoms with Gasteiger partial charge in [-0.3, -0.25) is 9.79 Å². The van der Waals surface area contributed by atoms with Gasteiger partial charge < -0.3 is 20.7 Å². The molecule has 27 heavy (non-hydrogen) atoms. The lowest BCUT2D eigenvalue weighted by Gasteiger charge is -2.26. The van der Waals surface area contributed by atoms with Gasteiger partial charge in [-0.05, 0) is 30.2 Å². The number of fused-ring (bicyclic) bond motifs is 1. The number of aliphatic imine (C=N–C) groups is 1. The van der Waals surface area contributed by atoms with Gasteiger partial charge in [-0.15, -0.1) is 0 Å². The fraction of sp³-hybridized carbons (Fsp3) is 0.333. The van der Waals surface area contributed by atoms with Crippen molar-refractivity contribution in [2.75, 3.05) is 32.1 Å². The Morgan fingerprint density at radius 3 is 2.74 bits per heavy atom. The van der Waals surface area contributed by atoms with Gasteiger partial charge in [-0.1, -0.05) is 36.4 Å². The highest BCUT2D eigenvalue weighted by Crippen LogP contribution is 2.31. The lowest BCUT2D eigenvalue weighted by molar-refractivity contribution is -0.116. The Morgan fingerprint density at radius 1 is 1.15 bits per heavy atom. The van der Waals surface area contributed by atoms with Crippen LogP contribution < -0.4 is 20.7 Å². The number of guanidine groups is 1. The highest BCUT2D eigenvalue weighted by Gasteiger charge is 2.24. The number of amides is 1. The van der Waals surface area contributed by atoms with Crippen molar-refractivity contribution in [1.82, 2.24) is 10.6 Å². The van der Waals surface area contributed by atoms with Crippen LogP contribution in [0, 0.1) is 0 Å². The van der Waals surface area contributed by atoms with E-state index < -0.39 is 0 Å². The van der Waals surface area contributed by atoms with Crippen LogP contribution in [0.1, 0.15) is 24.3 Å². The molecule has 6 heteroatoms. The summed E-state index contributed by atoms with van der Waals surface area (Å²) in [5.41, 5.74) is 2.07. The molecule has 1 aliphatic heterocycles. The van der Waals surface area contributed by atoms with Crippen molar-refractivity contribution in [3.63, 3.8) is 0 Å². The first-order valence-corrected chi connectivity index (χ1v) is 9.27. The second-order valence-corrected chi connectivity index (χ2v) is 6.43. The number of nitrogens with zero attached hydrogens (tertiary/aromatic N) is 1. The molecule has 2 aromatic rings. The molecule has 0 fully saturated rings. The fourth-order valence-electron chi connectivity index (χ4n) is 3.11. The highest BCUT2D eigenvalue weighted by molar-refractivity contribution is 5.94. The normalized spacial score (nSPS) is 16.3. The zero-order valence-corrected chi connectivity index (χ0v) is 15.6. The first kappa shape index (κ1) is 18.8. The van der Waals surface area contributed by atoms with Crippen LogP contribution in [-0.4, -0.2) is 38.6 Å². The van der Waals surface area contributed by atoms with E-state index >= 15 is 0 Å². The van der Waals surface area contributed by atoms with Gasteiger partial charge in [-0.25, -0.2) is 0 Å². The molecule has 142 valence electrons. The summed E-state index contributed by atoms with van der Waals surface area (Å²) in [5.74, 6) is 1.81. The third-order valence-corrected chi connectivity index (χ3v) is 4.47. The van der Waals surface area contributed by atoms with Crippen molar-refractivity contribution in [3.05, 3.63) is 60.2 Å². The highest BCUT2D eigenvalue weighted by atomic mass is 16.5. The number of nitrogens with one attached hydrogen (secondary N) is 3.